The fourth-order valence-electron chi connectivity index (χ4n) is 7.58. The van der Waals surface area contributed by atoms with Crippen LogP contribution in [0.1, 0.15) is 27.6 Å². The van der Waals surface area contributed by atoms with Crippen molar-refractivity contribution < 1.29 is 38.6 Å². The fraction of sp³-hybridized carbons (Fsp3) is 0.0769. The van der Waals surface area contributed by atoms with Crippen molar-refractivity contribution in [1.29, 1.82) is 0 Å². The van der Waals surface area contributed by atoms with Crippen molar-refractivity contribution in [2.24, 2.45) is 5.92 Å². The summed E-state index contributed by atoms with van der Waals surface area (Å²) in [4.78, 5) is 4.64. The van der Waals surface area contributed by atoms with Gasteiger partial charge in [-0.05, 0) is 70.8 Å². The van der Waals surface area contributed by atoms with Crippen LogP contribution in [-0.4, -0.2) is 14.1 Å². The van der Waals surface area contributed by atoms with Gasteiger partial charge in [-0.25, -0.2) is 4.98 Å². The Balaban J connectivity index is 0.00000518. The summed E-state index contributed by atoms with van der Waals surface area (Å²) in [5.41, 5.74) is 8.94. The quantitative estimate of drug-likeness (QED) is 0.107. The van der Waals surface area contributed by atoms with E-state index in [4.69, 9.17) is 11.6 Å². The van der Waals surface area contributed by atoms with Crippen molar-refractivity contribution in [3.8, 4) is 50.9 Å². The van der Waals surface area contributed by atoms with Crippen LogP contribution in [0, 0.1) is 24.4 Å². The van der Waals surface area contributed by atoms with Crippen molar-refractivity contribution in [2.75, 3.05) is 0 Å². The maximum absolute atomic E-state index is 9.29. The van der Waals surface area contributed by atoms with Gasteiger partial charge in [0, 0.05) is 45.6 Å². The second kappa shape index (κ2) is 15.8. The van der Waals surface area contributed by atoms with Crippen LogP contribution < -0.4 is 9.30 Å². The first-order chi connectivity index (χ1) is 30.6. The summed E-state index contributed by atoms with van der Waals surface area (Å²) in [5.74, 6) is 0.939. The Hall–Kier alpha value is -6.55. The SMILES string of the molecule is [2H]c1c(Oc2[c-]c(-n3[c-][n+](-c4c(-c5ccccc5)cccc4-c4ccccc4)c4ccccc43)ccc2)[c-]c2c(c1[2H])c1c([2H])c([2H])c([2H])c([2H])c1n2-c1cc(CC(C)C)ccn1.[Pt]. The van der Waals surface area contributed by atoms with E-state index in [1.165, 1.54) is 0 Å². The van der Waals surface area contributed by atoms with Crippen LogP contribution in [0.3, 0.4) is 0 Å². The number of fused-ring (bicyclic) bond motifs is 4. The van der Waals surface area contributed by atoms with Crippen LogP contribution in [0.4, 0.5) is 0 Å². The molecule has 0 spiro atoms. The van der Waals surface area contributed by atoms with Gasteiger partial charge >= 0.3 is 0 Å². The van der Waals surface area contributed by atoms with Gasteiger partial charge in [0.05, 0.1) is 22.2 Å². The molecule has 0 atom stereocenters. The van der Waals surface area contributed by atoms with Gasteiger partial charge in [-0.2, -0.15) is 18.2 Å². The summed E-state index contributed by atoms with van der Waals surface area (Å²) < 4.78 is 65.5. The molecule has 0 aliphatic rings. The summed E-state index contributed by atoms with van der Waals surface area (Å²) in [7, 11) is 0. The molecule has 7 aromatic carbocycles. The van der Waals surface area contributed by atoms with Crippen molar-refractivity contribution in [2.45, 2.75) is 20.3 Å². The molecular weight excluding hydrogens is 892 g/mol. The number of rotatable bonds is 9. The normalized spacial score (nSPS) is 12.8. The zero-order chi connectivity index (χ0) is 43.5. The van der Waals surface area contributed by atoms with Crippen molar-refractivity contribution >= 4 is 32.8 Å². The molecule has 10 aromatic rings. The summed E-state index contributed by atoms with van der Waals surface area (Å²) in [6.45, 7) is 4.23. The van der Waals surface area contributed by atoms with Gasteiger partial charge in [-0.15, -0.1) is 29.6 Å². The summed E-state index contributed by atoms with van der Waals surface area (Å²) in [6.07, 6.45) is 6.08. The van der Waals surface area contributed by atoms with E-state index in [1.54, 1.807) is 16.8 Å². The number of ether oxygens (including phenoxy) is 1. The number of nitrogens with zero attached hydrogens (tertiary/aromatic N) is 4. The summed E-state index contributed by atoms with van der Waals surface area (Å²) >= 11 is 0. The number of pyridine rings is 1. The molecule has 0 saturated carbocycles. The van der Waals surface area contributed by atoms with E-state index in [9.17, 15) is 1.37 Å². The Kier molecular flexibility index (Phi) is 8.31. The van der Waals surface area contributed by atoms with Crippen LogP contribution in [0.15, 0.2) is 176 Å². The third-order valence-corrected chi connectivity index (χ3v) is 10.0. The third kappa shape index (κ3) is 6.82. The largest absolute Gasteiger partial charge is 0.510 e. The van der Waals surface area contributed by atoms with Gasteiger partial charge in [-0.1, -0.05) is 141 Å². The smallest absolute Gasteiger partial charge is 0.268 e. The number of hydrogen-bond acceptors (Lipinski definition) is 2. The molecule has 284 valence electrons. The third-order valence-electron chi connectivity index (χ3n) is 10.0. The first-order valence-corrected chi connectivity index (χ1v) is 18.9. The molecule has 0 saturated heterocycles. The summed E-state index contributed by atoms with van der Waals surface area (Å²) in [5, 5.41) is 0.279. The van der Waals surface area contributed by atoms with E-state index in [1.807, 2.05) is 83.4 Å². The van der Waals surface area contributed by atoms with Crippen molar-refractivity contribution in [3.05, 3.63) is 200 Å². The van der Waals surface area contributed by atoms with E-state index in [0.717, 1.165) is 51.0 Å². The molecule has 0 N–H and O–H groups in total. The molecule has 3 aromatic heterocycles. The van der Waals surface area contributed by atoms with E-state index in [2.05, 4.69) is 90.4 Å². The Bertz CT molecular complexity index is 3350. The molecule has 10 rings (SSSR count). The van der Waals surface area contributed by atoms with Crippen LogP contribution in [-0.2, 0) is 27.5 Å². The van der Waals surface area contributed by atoms with Crippen LogP contribution >= 0.6 is 0 Å². The van der Waals surface area contributed by atoms with E-state index in [0.29, 0.717) is 17.4 Å². The zero-order valence-corrected chi connectivity index (χ0v) is 33.8. The molecule has 3 heterocycles. The Morgan fingerprint density at radius 3 is 2.16 bits per heavy atom. The minimum atomic E-state index is -0.429. The van der Waals surface area contributed by atoms with Crippen molar-refractivity contribution in [1.82, 2.24) is 14.1 Å². The number of aromatic nitrogens is 4. The molecule has 0 aliphatic carbocycles. The van der Waals surface area contributed by atoms with E-state index >= 15 is 0 Å². The van der Waals surface area contributed by atoms with Crippen LogP contribution in [0.2, 0.25) is 0 Å². The minimum absolute atomic E-state index is 0. The van der Waals surface area contributed by atoms with Crippen LogP contribution in [0.25, 0.3) is 72.3 Å². The van der Waals surface area contributed by atoms with E-state index in [-0.39, 0.29) is 78.5 Å². The average molecular weight is 936 g/mol. The Morgan fingerprint density at radius 2 is 1.40 bits per heavy atom. The number of imidazole rings is 1. The topological polar surface area (TPSA) is 35.9 Å². The van der Waals surface area contributed by atoms with E-state index < -0.39 is 12.1 Å². The van der Waals surface area contributed by atoms with Crippen LogP contribution in [0.5, 0.6) is 11.5 Å². The van der Waals surface area contributed by atoms with Crippen molar-refractivity contribution in [3.63, 3.8) is 0 Å². The predicted molar refractivity (Wildman–Crippen MR) is 229 cm³/mol. The zero-order valence-electron chi connectivity index (χ0n) is 37.6. The second-order valence-corrected chi connectivity index (χ2v) is 14.3. The number of hydrogen-bond donors (Lipinski definition) is 0. The predicted octanol–water partition coefficient (Wildman–Crippen LogP) is 12.1. The molecule has 0 radical (unpaired) electrons. The molecule has 0 aliphatic heterocycles. The molecule has 58 heavy (non-hydrogen) atoms. The van der Waals surface area contributed by atoms with Gasteiger partial charge in [-0.3, -0.25) is 4.57 Å². The standard InChI is InChI=1S/C52H38N4O.Pt/c1-36(2)31-37-29-30-53-51(32-37)56-47-24-10-9-21-45(47)46-28-27-42(34-50(46)56)57-41-20-13-19-40(33-41)54-35-55(49-26-12-11-25-48(49)54)52-43(38-15-5-3-6-16-38)22-14-23-44(52)39-17-7-4-8-18-39;/h3-30,32,36H,31H2,1-2H3;/q-2;/i9D,10D,21D,24D,27D,28D;. The number of benzene rings is 7. The Morgan fingerprint density at radius 1 is 0.690 bits per heavy atom. The molecule has 0 fully saturated rings. The van der Waals surface area contributed by atoms with Gasteiger partial charge < -0.3 is 13.9 Å². The molecule has 0 bridgehead atoms. The fourth-order valence-corrected chi connectivity index (χ4v) is 7.58. The first-order valence-electron chi connectivity index (χ1n) is 21.9. The Labute approximate surface area is 361 Å². The minimum Gasteiger partial charge on any atom is -0.510 e. The maximum atomic E-state index is 9.29. The molecule has 0 amide bonds. The van der Waals surface area contributed by atoms with Gasteiger partial charge in [0.1, 0.15) is 5.82 Å². The average Bonchev–Trinajstić information content (AvgIpc) is 3.86. The second-order valence-electron chi connectivity index (χ2n) is 14.3. The van der Waals surface area contributed by atoms with Gasteiger partial charge in [0.2, 0.25) is 0 Å². The summed E-state index contributed by atoms with van der Waals surface area (Å²) in [6, 6.07) is 48.9. The maximum Gasteiger partial charge on any atom is 0.268 e. The molecular formula is C52H38N4OPt-2. The van der Waals surface area contributed by atoms with Gasteiger partial charge in [0.25, 0.3) is 6.33 Å². The van der Waals surface area contributed by atoms with Gasteiger partial charge in [0.15, 0.2) is 0 Å². The molecule has 6 heteroatoms. The first kappa shape index (κ1) is 30.6. The molecule has 5 nitrogen and oxygen atoms in total. The number of para-hydroxylation sites is 4. The monoisotopic (exact) mass is 935 g/mol. The molecule has 0 unspecified atom stereocenters.